The van der Waals surface area contributed by atoms with Crippen LogP contribution in [0.5, 0.6) is 0 Å². The van der Waals surface area contributed by atoms with Crippen LogP contribution in [-0.4, -0.2) is 29.5 Å². The van der Waals surface area contributed by atoms with E-state index in [9.17, 15) is 0 Å². The van der Waals surface area contributed by atoms with Crippen LogP contribution in [0.3, 0.4) is 0 Å². The first kappa shape index (κ1) is 26.0. The smallest absolute Gasteiger partial charge is 0.0615 e. The van der Waals surface area contributed by atoms with E-state index in [-0.39, 0.29) is 14.5 Å². The van der Waals surface area contributed by atoms with Crippen LogP contribution in [0.15, 0.2) is 152 Å². The van der Waals surface area contributed by atoms with E-state index in [1.165, 1.54) is 46.4 Å². The minimum absolute atomic E-state index is 0.264. The van der Waals surface area contributed by atoms with E-state index in [0.29, 0.717) is 17.5 Å². The van der Waals surface area contributed by atoms with Crippen molar-refractivity contribution in [1.82, 2.24) is 15.0 Å². The predicted molar refractivity (Wildman–Crippen MR) is 189 cm³/mol. The summed E-state index contributed by atoms with van der Waals surface area (Å²) < 4.78 is 2.94. The van der Waals surface area contributed by atoms with E-state index >= 15 is 0 Å². The Balaban J connectivity index is 1.29. The molecule has 0 saturated carbocycles. The summed E-state index contributed by atoms with van der Waals surface area (Å²) >= 11 is 0.264. The molecule has 210 valence electrons. The van der Waals surface area contributed by atoms with Crippen LogP contribution in [0.2, 0.25) is 0 Å². The number of hydrogen-bond donors (Lipinski definition) is 0. The Labute approximate surface area is 266 Å². The first-order valence-electron chi connectivity index (χ1n) is 15.0. The van der Waals surface area contributed by atoms with Crippen molar-refractivity contribution in [3.63, 3.8) is 0 Å². The molecule has 0 unspecified atom stereocenters. The number of rotatable bonds is 4. The molecule has 9 aromatic rings. The van der Waals surface area contributed by atoms with Gasteiger partial charge in [-0.15, -0.1) is 0 Å². The van der Waals surface area contributed by atoms with Gasteiger partial charge >= 0.3 is 231 Å². The summed E-state index contributed by atoms with van der Waals surface area (Å²) in [6.07, 6.45) is 0. The molecule has 0 amide bonds. The molecule has 2 aromatic heterocycles. The Morgan fingerprint density at radius 3 is 1.64 bits per heavy atom. The molecule has 45 heavy (non-hydrogen) atoms. The van der Waals surface area contributed by atoms with Crippen molar-refractivity contribution in [2.45, 2.75) is 0 Å². The van der Waals surface area contributed by atoms with Gasteiger partial charge in [0.1, 0.15) is 0 Å². The van der Waals surface area contributed by atoms with Crippen LogP contribution in [-0.2, 0) is 0 Å². The molecule has 2 heterocycles. The second-order valence-electron chi connectivity index (χ2n) is 11.2. The third-order valence-electron chi connectivity index (χ3n) is 8.54. The van der Waals surface area contributed by atoms with E-state index in [1.807, 2.05) is 60.7 Å². The second-order valence-corrected chi connectivity index (χ2v) is 13.4. The van der Waals surface area contributed by atoms with Gasteiger partial charge in [-0.05, 0) is 0 Å². The first-order valence-corrected chi connectivity index (χ1v) is 16.8. The van der Waals surface area contributed by atoms with Crippen molar-refractivity contribution in [2.24, 2.45) is 0 Å². The molecule has 9 rings (SSSR count). The monoisotopic (exact) mass is 639 g/mol. The zero-order valence-electron chi connectivity index (χ0n) is 24.2. The number of aromatic nitrogens is 3. The fraction of sp³-hybridized carbons (Fsp3) is 0. The third kappa shape index (κ3) is 4.38. The molecule has 0 aliphatic carbocycles. The fourth-order valence-corrected chi connectivity index (χ4v) is 9.10. The Hall–Kier alpha value is -5.41. The Morgan fingerprint density at radius 2 is 0.911 bits per heavy atom. The van der Waals surface area contributed by atoms with Crippen LogP contribution in [0.25, 0.3) is 86.1 Å². The van der Waals surface area contributed by atoms with Crippen LogP contribution in [0.1, 0.15) is 0 Å². The van der Waals surface area contributed by atoms with Gasteiger partial charge in [-0.2, -0.15) is 0 Å². The molecule has 0 bridgehead atoms. The molecule has 4 heteroatoms. The summed E-state index contributed by atoms with van der Waals surface area (Å²) in [4.78, 5) is 15.0. The van der Waals surface area contributed by atoms with Gasteiger partial charge < -0.3 is 0 Å². The molecule has 3 nitrogen and oxygen atoms in total. The summed E-state index contributed by atoms with van der Waals surface area (Å²) in [5, 5.41) is 7.95. The van der Waals surface area contributed by atoms with E-state index < -0.39 is 0 Å². The number of nitrogens with zero attached hydrogens (tertiary/aromatic N) is 3. The van der Waals surface area contributed by atoms with Gasteiger partial charge in [-0.3, -0.25) is 0 Å². The van der Waals surface area contributed by atoms with Gasteiger partial charge in [0.05, 0.1) is 0 Å². The predicted octanol–water partition coefficient (Wildman–Crippen LogP) is 10.2. The maximum absolute atomic E-state index is 5.07. The quantitative estimate of drug-likeness (QED) is 0.142. The zero-order chi connectivity index (χ0) is 29.7. The second kappa shape index (κ2) is 10.6. The molecule has 0 aliphatic heterocycles. The van der Waals surface area contributed by atoms with E-state index in [2.05, 4.69) is 91.0 Å². The van der Waals surface area contributed by atoms with Crippen molar-refractivity contribution in [2.75, 3.05) is 0 Å². The van der Waals surface area contributed by atoms with Crippen molar-refractivity contribution in [3.8, 4) is 45.3 Å². The van der Waals surface area contributed by atoms with E-state index in [4.69, 9.17) is 15.0 Å². The minimum Gasteiger partial charge on any atom is -0.0615 e. The molecule has 0 fully saturated rings. The first-order chi connectivity index (χ1) is 22.3. The van der Waals surface area contributed by atoms with Crippen molar-refractivity contribution in [3.05, 3.63) is 152 Å². The summed E-state index contributed by atoms with van der Waals surface area (Å²) in [5.41, 5.74) is 5.19. The van der Waals surface area contributed by atoms with Gasteiger partial charge in [-0.1, -0.05) is 36.4 Å². The molecule has 0 atom stereocenters. The normalized spacial score (nSPS) is 11.6. The molecule has 0 saturated heterocycles. The van der Waals surface area contributed by atoms with Gasteiger partial charge in [0.15, 0.2) is 0 Å². The summed E-state index contributed by atoms with van der Waals surface area (Å²) in [6, 6.07) is 53.5. The molecular formula is C41H25N3Se. The topological polar surface area (TPSA) is 38.7 Å². The maximum atomic E-state index is 5.07. The SMILES string of the molecule is c1ccc(-c2nc(-c3ccccc3)nc(-c3ccccc3-c3cccc4c3ccc3ccc5c6ccccc6[se]c5c34)n2)cc1. The van der Waals surface area contributed by atoms with Gasteiger partial charge in [0, 0.05) is 0 Å². The number of hydrogen-bond acceptors (Lipinski definition) is 3. The molecule has 0 N–H and O–H groups in total. The van der Waals surface area contributed by atoms with Crippen molar-refractivity contribution in [1.29, 1.82) is 0 Å². The Bertz CT molecular complexity index is 2480. The molecule has 0 spiro atoms. The van der Waals surface area contributed by atoms with Crippen molar-refractivity contribution >= 4 is 55.3 Å². The van der Waals surface area contributed by atoms with E-state index in [1.54, 1.807) is 0 Å². The average molecular weight is 639 g/mol. The number of fused-ring (bicyclic) bond motifs is 7. The van der Waals surface area contributed by atoms with Crippen LogP contribution in [0, 0.1) is 0 Å². The Morgan fingerprint density at radius 1 is 0.356 bits per heavy atom. The van der Waals surface area contributed by atoms with Gasteiger partial charge in [-0.25, -0.2) is 0 Å². The summed E-state index contributed by atoms with van der Waals surface area (Å²) in [7, 11) is 0. The van der Waals surface area contributed by atoms with Crippen molar-refractivity contribution < 1.29 is 0 Å². The van der Waals surface area contributed by atoms with E-state index in [0.717, 1.165) is 22.3 Å². The zero-order valence-corrected chi connectivity index (χ0v) is 25.9. The van der Waals surface area contributed by atoms with Crippen LogP contribution < -0.4 is 0 Å². The Kier molecular flexibility index (Phi) is 6.15. The third-order valence-corrected chi connectivity index (χ3v) is 11.1. The average Bonchev–Trinajstić information content (AvgIpc) is 3.51. The summed E-state index contributed by atoms with van der Waals surface area (Å²) in [6.45, 7) is 0. The van der Waals surface area contributed by atoms with Gasteiger partial charge in [0.2, 0.25) is 0 Å². The number of benzene rings is 7. The summed E-state index contributed by atoms with van der Waals surface area (Å²) in [5.74, 6) is 1.99. The standard InChI is InChI=1S/C41H25N3Se/c1-3-12-27(13-4-1)39-42-40(28-14-5-2-6-15-28)44-41(43-39)35-18-8-7-16-30(35)29-19-11-20-33-31(29)24-22-26-23-25-34-32-17-9-10-21-36(32)45-38(34)37(26)33/h1-25H. The van der Waals surface area contributed by atoms with Gasteiger partial charge in [0.25, 0.3) is 0 Å². The molecule has 0 radical (unpaired) electrons. The van der Waals surface area contributed by atoms with Crippen LogP contribution >= 0.6 is 0 Å². The fourth-order valence-electron chi connectivity index (χ4n) is 6.43. The molecular weight excluding hydrogens is 613 g/mol. The van der Waals surface area contributed by atoms with Crippen LogP contribution in [0.4, 0.5) is 0 Å². The minimum atomic E-state index is 0.264. The molecule has 0 aliphatic rings. The molecule has 7 aromatic carbocycles.